The molecular formula is C26H27N3O5. The molecule has 6 rings (SSSR count). The first-order valence-electron chi connectivity index (χ1n) is 11.8. The number of nitrogens with zero attached hydrogens (tertiary/aromatic N) is 2. The van der Waals surface area contributed by atoms with Crippen molar-refractivity contribution < 1.29 is 23.8 Å². The molecule has 0 radical (unpaired) electrons. The molecule has 1 fully saturated rings. The fourth-order valence-electron chi connectivity index (χ4n) is 5.90. The molecule has 0 aromatic carbocycles. The number of hydrogen-bond acceptors (Lipinski definition) is 7. The predicted molar refractivity (Wildman–Crippen MR) is 123 cm³/mol. The molecule has 2 aliphatic carbocycles. The van der Waals surface area contributed by atoms with Gasteiger partial charge in [0.05, 0.1) is 23.1 Å². The fourth-order valence-corrected chi connectivity index (χ4v) is 5.90. The van der Waals surface area contributed by atoms with Gasteiger partial charge in [-0.1, -0.05) is 18.2 Å². The second kappa shape index (κ2) is 7.20. The van der Waals surface area contributed by atoms with Gasteiger partial charge in [-0.25, -0.2) is 0 Å². The minimum absolute atomic E-state index is 0.170. The minimum atomic E-state index is -1.16. The van der Waals surface area contributed by atoms with Crippen LogP contribution in [-0.4, -0.2) is 41.4 Å². The zero-order chi connectivity index (χ0) is 23.7. The third kappa shape index (κ3) is 3.05. The van der Waals surface area contributed by atoms with Gasteiger partial charge >= 0.3 is 5.97 Å². The van der Waals surface area contributed by atoms with Crippen molar-refractivity contribution in [1.29, 1.82) is 0 Å². The summed E-state index contributed by atoms with van der Waals surface area (Å²) < 4.78 is 18.7. The number of carbonyl (C=O) groups excluding carboxylic acids is 2. The van der Waals surface area contributed by atoms with Crippen LogP contribution in [0, 0.1) is 0 Å². The van der Waals surface area contributed by atoms with E-state index in [0.29, 0.717) is 12.0 Å². The Hall–Kier alpha value is -3.10. The first kappa shape index (κ1) is 21.4. The van der Waals surface area contributed by atoms with Crippen LogP contribution in [0.15, 0.2) is 46.6 Å². The molecule has 0 saturated carbocycles. The number of nitrogens with one attached hydrogen (secondary N) is 1. The number of esters is 1. The molecule has 34 heavy (non-hydrogen) atoms. The number of aromatic nitrogens is 1. The lowest BCUT2D eigenvalue weighted by molar-refractivity contribution is -0.140. The number of ether oxygens (including phenoxy) is 3. The summed E-state index contributed by atoms with van der Waals surface area (Å²) in [6.07, 6.45) is 12.1. The van der Waals surface area contributed by atoms with Crippen LogP contribution < -0.4 is 10.1 Å². The quantitative estimate of drug-likeness (QED) is 0.676. The maximum atomic E-state index is 13.3. The van der Waals surface area contributed by atoms with Gasteiger partial charge in [0.25, 0.3) is 5.91 Å². The SMILES string of the molecule is CC(=O)Oc1cnc2c(c1C1=NC(=O)C3(C=C4CC=CC=C4C3)O1)C1(CCNCC1)OC2(C)C. The summed E-state index contributed by atoms with van der Waals surface area (Å²) in [5.74, 6) is -0.422. The Labute approximate surface area is 197 Å². The van der Waals surface area contributed by atoms with Crippen LogP contribution in [0.3, 0.4) is 0 Å². The molecule has 1 aromatic heterocycles. The van der Waals surface area contributed by atoms with E-state index in [0.717, 1.165) is 54.8 Å². The molecule has 1 atom stereocenters. The second-order valence-corrected chi connectivity index (χ2v) is 10.1. The number of aliphatic imine (C=N–C) groups is 1. The number of allylic oxidation sites excluding steroid dienone is 4. The normalized spacial score (nSPS) is 27.7. The summed E-state index contributed by atoms with van der Waals surface area (Å²) in [6, 6.07) is 0. The zero-order valence-corrected chi connectivity index (χ0v) is 19.6. The molecule has 0 bridgehead atoms. The third-order valence-corrected chi connectivity index (χ3v) is 7.29. The van der Waals surface area contributed by atoms with Gasteiger partial charge in [0.15, 0.2) is 5.75 Å². The highest BCUT2D eigenvalue weighted by molar-refractivity contribution is 6.13. The maximum Gasteiger partial charge on any atom is 0.308 e. The summed E-state index contributed by atoms with van der Waals surface area (Å²) >= 11 is 0. The fraction of sp³-hybridized carbons (Fsp3) is 0.462. The van der Waals surface area contributed by atoms with E-state index in [1.54, 1.807) is 0 Å². The Morgan fingerprint density at radius 1 is 1.21 bits per heavy atom. The van der Waals surface area contributed by atoms with Crippen molar-refractivity contribution in [2.45, 2.75) is 63.3 Å². The van der Waals surface area contributed by atoms with E-state index in [2.05, 4.69) is 21.4 Å². The van der Waals surface area contributed by atoms with E-state index in [4.69, 9.17) is 14.2 Å². The van der Waals surface area contributed by atoms with E-state index in [1.807, 2.05) is 32.1 Å². The van der Waals surface area contributed by atoms with Gasteiger partial charge in [-0.3, -0.25) is 14.6 Å². The van der Waals surface area contributed by atoms with Crippen molar-refractivity contribution in [3.05, 3.63) is 58.5 Å². The summed E-state index contributed by atoms with van der Waals surface area (Å²) in [4.78, 5) is 34.3. The number of amides is 1. The second-order valence-electron chi connectivity index (χ2n) is 10.1. The van der Waals surface area contributed by atoms with Gasteiger partial charge in [-0.15, -0.1) is 0 Å². The Balaban J connectivity index is 1.51. The van der Waals surface area contributed by atoms with Gasteiger partial charge in [0.1, 0.15) is 5.60 Å². The molecule has 4 heterocycles. The molecule has 8 heteroatoms. The van der Waals surface area contributed by atoms with Crippen LogP contribution in [0.4, 0.5) is 0 Å². The first-order valence-corrected chi connectivity index (χ1v) is 11.8. The number of hydrogen-bond donors (Lipinski definition) is 1. The van der Waals surface area contributed by atoms with Gasteiger partial charge < -0.3 is 19.5 Å². The minimum Gasteiger partial charge on any atom is -0.455 e. The van der Waals surface area contributed by atoms with Crippen molar-refractivity contribution in [3.8, 4) is 5.75 Å². The summed E-state index contributed by atoms with van der Waals surface area (Å²) in [7, 11) is 0. The first-order chi connectivity index (χ1) is 16.2. The summed E-state index contributed by atoms with van der Waals surface area (Å²) in [5.41, 5.74) is 1.79. The van der Waals surface area contributed by atoms with E-state index in [9.17, 15) is 9.59 Å². The largest absolute Gasteiger partial charge is 0.455 e. The average molecular weight is 462 g/mol. The highest BCUT2D eigenvalue weighted by atomic mass is 16.5. The highest BCUT2D eigenvalue weighted by Crippen LogP contribution is 2.54. The Morgan fingerprint density at radius 2 is 2.00 bits per heavy atom. The van der Waals surface area contributed by atoms with Gasteiger partial charge in [0, 0.05) is 18.9 Å². The molecule has 1 N–H and O–H groups in total. The Kier molecular flexibility index (Phi) is 4.54. The van der Waals surface area contributed by atoms with E-state index in [-0.39, 0.29) is 17.6 Å². The summed E-state index contributed by atoms with van der Waals surface area (Å²) in [6.45, 7) is 6.86. The standard InChI is InChI=1S/C26H27N3O5/c1-15(30)32-18-14-28-21-20(25(34-24(21,2)3)8-10-27-11-9-25)19(18)22-29-23(31)26(33-22)12-16-6-4-5-7-17(16)13-26/h4-6,13-14,27H,7-12H2,1-3H3. The van der Waals surface area contributed by atoms with E-state index < -0.39 is 22.8 Å². The number of rotatable bonds is 2. The van der Waals surface area contributed by atoms with Crippen LogP contribution in [0.5, 0.6) is 5.75 Å². The molecule has 1 aromatic rings. The molecule has 1 saturated heterocycles. The lowest BCUT2D eigenvalue weighted by atomic mass is 9.82. The lowest BCUT2D eigenvalue weighted by Crippen LogP contribution is -2.42. The van der Waals surface area contributed by atoms with Crippen molar-refractivity contribution in [2.24, 2.45) is 4.99 Å². The zero-order valence-electron chi connectivity index (χ0n) is 19.6. The van der Waals surface area contributed by atoms with Gasteiger partial charge in [-0.2, -0.15) is 4.99 Å². The molecule has 2 spiro atoms. The predicted octanol–water partition coefficient (Wildman–Crippen LogP) is 3.11. The van der Waals surface area contributed by atoms with Crippen LogP contribution in [0.2, 0.25) is 0 Å². The molecule has 1 unspecified atom stereocenters. The Bertz CT molecular complexity index is 1250. The number of pyridine rings is 1. The highest BCUT2D eigenvalue weighted by Gasteiger charge is 2.56. The van der Waals surface area contributed by atoms with Crippen molar-refractivity contribution >= 4 is 17.8 Å². The number of fused-ring (bicyclic) bond motifs is 3. The lowest BCUT2D eigenvalue weighted by Gasteiger charge is -2.36. The summed E-state index contributed by atoms with van der Waals surface area (Å²) in [5, 5.41) is 3.38. The van der Waals surface area contributed by atoms with Crippen molar-refractivity contribution in [1.82, 2.24) is 10.3 Å². The van der Waals surface area contributed by atoms with Crippen molar-refractivity contribution in [2.75, 3.05) is 13.1 Å². The van der Waals surface area contributed by atoms with Crippen LogP contribution >= 0.6 is 0 Å². The molecule has 1 amide bonds. The number of piperidine rings is 1. The monoisotopic (exact) mass is 461 g/mol. The third-order valence-electron chi connectivity index (χ3n) is 7.29. The van der Waals surface area contributed by atoms with E-state index in [1.165, 1.54) is 13.1 Å². The molecule has 176 valence electrons. The van der Waals surface area contributed by atoms with Gasteiger partial charge in [-0.05, 0) is 63.4 Å². The average Bonchev–Trinajstić information content (AvgIpc) is 3.38. The Morgan fingerprint density at radius 3 is 2.74 bits per heavy atom. The van der Waals surface area contributed by atoms with Crippen LogP contribution in [0.25, 0.3) is 0 Å². The number of carbonyl (C=O) groups is 2. The maximum absolute atomic E-state index is 13.3. The smallest absolute Gasteiger partial charge is 0.308 e. The van der Waals surface area contributed by atoms with Gasteiger partial charge in [0.2, 0.25) is 11.5 Å². The molecule has 5 aliphatic rings. The molecule has 3 aliphatic heterocycles. The van der Waals surface area contributed by atoms with Crippen LogP contribution in [-0.2, 0) is 30.3 Å². The van der Waals surface area contributed by atoms with E-state index >= 15 is 0 Å². The topological polar surface area (TPSA) is 99.1 Å². The van der Waals surface area contributed by atoms with Crippen LogP contribution in [0.1, 0.15) is 63.3 Å². The molecular weight excluding hydrogens is 434 g/mol. The molecule has 8 nitrogen and oxygen atoms in total. The van der Waals surface area contributed by atoms with Crippen molar-refractivity contribution in [3.63, 3.8) is 0 Å².